The van der Waals surface area contributed by atoms with Gasteiger partial charge in [0, 0.05) is 54.8 Å². The molecule has 0 saturated carbocycles. The Morgan fingerprint density at radius 3 is 1.48 bits per heavy atom. The molecule has 6 nitrogen and oxygen atoms in total. The van der Waals surface area contributed by atoms with Crippen molar-refractivity contribution in [3.63, 3.8) is 0 Å². The molecule has 0 aliphatic carbocycles. The number of hydrogen-bond acceptors (Lipinski definition) is 3. The molecule has 0 aliphatic heterocycles. The van der Waals surface area contributed by atoms with Crippen LogP contribution in [0.2, 0.25) is 0 Å². The first-order chi connectivity index (χ1) is 30.8. The van der Waals surface area contributed by atoms with Crippen molar-refractivity contribution in [3.05, 3.63) is 212 Å². The maximum Gasteiger partial charge on any atom is 0.168 e. The van der Waals surface area contributed by atoms with Gasteiger partial charge in [-0.05, 0) is 77.9 Å². The van der Waals surface area contributed by atoms with E-state index in [9.17, 15) is 0 Å². The fourth-order valence-corrected chi connectivity index (χ4v) is 9.66. The van der Waals surface area contributed by atoms with Crippen LogP contribution in [0, 0.1) is 0 Å². The van der Waals surface area contributed by atoms with Crippen molar-refractivity contribution in [3.8, 4) is 51.0 Å². The van der Waals surface area contributed by atoms with Crippen LogP contribution in [-0.4, -0.2) is 23.9 Å². The van der Waals surface area contributed by atoms with E-state index in [1.54, 1.807) is 0 Å². The third-order valence-electron chi connectivity index (χ3n) is 12.4. The van der Waals surface area contributed by atoms with Gasteiger partial charge in [0.25, 0.3) is 0 Å². The van der Waals surface area contributed by atoms with E-state index in [4.69, 9.17) is 14.6 Å². The molecule has 4 heterocycles. The average Bonchev–Trinajstić information content (AvgIpc) is 4.11. The Kier molecular flexibility index (Phi) is 7.50. The number of para-hydroxylation sites is 3. The molecule has 62 heavy (non-hydrogen) atoms. The van der Waals surface area contributed by atoms with Crippen LogP contribution >= 0.6 is 0 Å². The van der Waals surface area contributed by atoms with Gasteiger partial charge in [0.15, 0.2) is 11.6 Å². The van der Waals surface area contributed by atoms with Gasteiger partial charge in [0.1, 0.15) is 11.2 Å². The zero-order valence-corrected chi connectivity index (χ0v) is 33.4. The van der Waals surface area contributed by atoms with E-state index in [1.165, 1.54) is 21.5 Å². The van der Waals surface area contributed by atoms with E-state index in [0.717, 1.165) is 95.0 Å². The Balaban J connectivity index is 0.980. The molecule has 0 fully saturated rings. The number of furan rings is 1. The Morgan fingerprint density at radius 1 is 0.290 bits per heavy atom. The minimum absolute atomic E-state index is 0.791. The highest BCUT2D eigenvalue weighted by atomic mass is 16.3. The Hall–Kier alpha value is -8.48. The van der Waals surface area contributed by atoms with Crippen molar-refractivity contribution < 1.29 is 4.42 Å². The third kappa shape index (κ3) is 5.17. The minimum atomic E-state index is 0.791. The molecule has 0 unspecified atom stereocenters. The van der Waals surface area contributed by atoms with E-state index in [0.29, 0.717) is 0 Å². The highest BCUT2D eigenvalue weighted by molar-refractivity contribution is 6.27. The summed E-state index contributed by atoms with van der Waals surface area (Å²) in [6.07, 6.45) is 0. The summed E-state index contributed by atoms with van der Waals surface area (Å²) in [7, 11) is 0. The largest absolute Gasteiger partial charge is 0.456 e. The summed E-state index contributed by atoms with van der Waals surface area (Å²) in [4.78, 5) is 0. The van der Waals surface area contributed by atoms with Crippen LogP contribution in [0.5, 0.6) is 0 Å². The van der Waals surface area contributed by atoms with Crippen molar-refractivity contribution in [1.29, 1.82) is 0 Å². The van der Waals surface area contributed by atoms with Crippen LogP contribution in [0.25, 0.3) is 117 Å². The molecule has 9 aromatic carbocycles. The maximum absolute atomic E-state index is 6.35. The van der Waals surface area contributed by atoms with Gasteiger partial charge in [0.2, 0.25) is 0 Å². The van der Waals surface area contributed by atoms with Gasteiger partial charge in [0.05, 0.1) is 27.8 Å². The summed E-state index contributed by atoms with van der Waals surface area (Å²) in [5.74, 6) is 1.58. The van der Waals surface area contributed by atoms with Crippen LogP contribution in [0.1, 0.15) is 0 Å². The molecular formula is C56H35N5O. The average molecular weight is 794 g/mol. The first-order valence-corrected chi connectivity index (χ1v) is 20.9. The molecule has 0 spiro atoms. The molecule has 13 aromatic rings. The van der Waals surface area contributed by atoms with Crippen LogP contribution in [-0.2, 0) is 0 Å². The lowest BCUT2D eigenvalue weighted by atomic mass is 10.0. The molecule has 0 saturated heterocycles. The van der Waals surface area contributed by atoms with Crippen LogP contribution in [0.3, 0.4) is 0 Å². The van der Waals surface area contributed by atoms with Gasteiger partial charge in [-0.3, -0.25) is 4.57 Å². The second-order valence-corrected chi connectivity index (χ2v) is 15.9. The lowest BCUT2D eigenvalue weighted by Gasteiger charge is -2.14. The summed E-state index contributed by atoms with van der Waals surface area (Å²) in [6.45, 7) is 0. The first kappa shape index (κ1) is 34.4. The van der Waals surface area contributed by atoms with Gasteiger partial charge in [-0.25, -0.2) is 0 Å². The Morgan fingerprint density at radius 2 is 0.806 bits per heavy atom. The van der Waals surface area contributed by atoms with E-state index in [-0.39, 0.29) is 0 Å². The lowest BCUT2D eigenvalue weighted by Crippen LogP contribution is -2.01. The van der Waals surface area contributed by atoms with Crippen molar-refractivity contribution >= 4 is 65.6 Å². The number of fused-ring (bicyclic) bond motifs is 10. The van der Waals surface area contributed by atoms with Gasteiger partial charge in [-0.15, -0.1) is 10.2 Å². The summed E-state index contributed by atoms with van der Waals surface area (Å²) < 4.78 is 13.3. The SMILES string of the molecule is c1ccc(-c2nnc(-c3ccccc3)n2-c2ccc3c4ccccc4n(-c4cccc(-c5cccc(-n6c7ccccc7c7c8c(ccc76)oc6ccccc68)c5)c4)c3c2)cc1. The zero-order chi connectivity index (χ0) is 40.7. The first-order valence-electron chi connectivity index (χ1n) is 20.9. The number of hydrogen-bond donors (Lipinski definition) is 0. The summed E-state index contributed by atoms with van der Waals surface area (Å²) in [5, 5.41) is 16.6. The smallest absolute Gasteiger partial charge is 0.168 e. The number of rotatable bonds is 6. The fraction of sp³-hybridized carbons (Fsp3) is 0. The zero-order valence-electron chi connectivity index (χ0n) is 33.4. The molecule has 4 aromatic heterocycles. The molecule has 290 valence electrons. The molecule has 0 radical (unpaired) electrons. The predicted octanol–water partition coefficient (Wildman–Crippen LogP) is 14.4. The second-order valence-electron chi connectivity index (χ2n) is 15.9. The highest BCUT2D eigenvalue weighted by Gasteiger charge is 2.21. The van der Waals surface area contributed by atoms with Gasteiger partial charge in [-0.1, -0.05) is 146 Å². The summed E-state index contributed by atoms with van der Waals surface area (Å²) in [5.41, 5.74) is 13.8. The van der Waals surface area contributed by atoms with Crippen molar-refractivity contribution in [1.82, 2.24) is 23.9 Å². The standard InChI is InChI=1S/C56H35N5O/c1-3-15-36(16-4-1)55-57-58-56(37-17-5-2-6-18-37)61(55)42-29-30-44-43-23-7-10-26-47(43)60(50(44)35-42)41-22-14-20-39(34-41)38-19-13-21-40(33-38)59-48-27-11-8-24-45(48)53-49(59)31-32-52-54(53)46-25-9-12-28-51(46)62-52/h1-35H. The number of benzene rings is 9. The maximum atomic E-state index is 6.35. The van der Waals surface area contributed by atoms with Crippen LogP contribution in [0.15, 0.2) is 217 Å². The van der Waals surface area contributed by atoms with Crippen LogP contribution in [0.4, 0.5) is 0 Å². The third-order valence-corrected chi connectivity index (χ3v) is 12.4. The molecule has 0 N–H and O–H groups in total. The van der Waals surface area contributed by atoms with E-state index in [1.807, 2.05) is 42.5 Å². The molecule has 13 rings (SSSR count). The van der Waals surface area contributed by atoms with E-state index < -0.39 is 0 Å². The van der Waals surface area contributed by atoms with Crippen molar-refractivity contribution in [2.45, 2.75) is 0 Å². The monoisotopic (exact) mass is 793 g/mol. The topological polar surface area (TPSA) is 53.7 Å². The van der Waals surface area contributed by atoms with Gasteiger partial charge >= 0.3 is 0 Å². The summed E-state index contributed by atoms with van der Waals surface area (Å²) >= 11 is 0. The van der Waals surface area contributed by atoms with Crippen molar-refractivity contribution in [2.24, 2.45) is 0 Å². The molecule has 6 heteroatoms. The summed E-state index contributed by atoms with van der Waals surface area (Å²) in [6, 6.07) is 75.2. The number of nitrogens with zero attached hydrogens (tertiary/aromatic N) is 5. The lowest BCUT2D eigenvalue weighted by molar-refractivity contribution is 0.669. The van der Waals surface area contributed by atoms with Gasteiger partial charge in [-0.2, -0.15) is 0 Å². The molecule has 0 amide bonds. The molecule has 0 atom stereocenters. The predicted molar refractivity (Wildman–Crippen MR) is 254 cm³/mol. The molecular weight excluding hydrogens is 759 g/mol. The fourth-order valence-electron chi connectivity index (χ4n) is 9.66. The number of aromatic nitrogens is 5. The van der Waals surface area contributed by atoms with Crippen LogP contribution < -0.4 is 0 Å². The quantitative estimate of drug-likeness (QED) is 0.168. The Bertz CT molecular complexity index is 3810. The molecule has 0 bridgehead atoms. The van der Waals surface area contributed by atoms with Crippen molar-refractivity contribution in [2.75, 3.05) is 0 Å². The minimum Gasteiger partial charge on any atom is -0.456 e. The van der Waals surface area contributed by atoms with Gasteiger partial charge < -0.3 is 13.6 Å². The van der Waals surface area contributed by atoms with E-state index in [2.05, 4.69) is 184 Å². The second kappa shape index (κ2) is 13.5. The Labute approximate surface area is 355 Å². The highest BCUT2D eigenvalue weighted by Crippen LogP contribution is 2.42. The normalized spacial score (nSPS) is 11.9. The van der Waals surface area contributed by atoms with E-state index >= 15 is 0 Å². The molecule has 0 aliphatic rings.